The summed E-state index contributed by atoms with van der Waals surface area (Å²) in [5.74, 6) is 0.889. The maximum atomic E-state index is 6.02. The molecule has 3 rings (SSSR count). The number of anilines is 1. The number of thiophene rings is 1. The van der Waals surface area contributed by atoms with Crippen LogP contribution < -0.4 is 11.1 Å². The van der Waals surface area contributed by atoms with Crippen LogP contribution in [0.2, 0.25) is 0 Å². The standard InChI is InChI=1S/C16H17N3S/c1-16(11-17,12-5-3-2-4-6-12)19-15-13-8-10-20-14(13)7-9-18-15/h2-10H,11,17H2,1H3,(H,18,19). The van der Waals surface area contributed by atoms with Gasteiger partial charge in [-0.15, -0.1) is 11.3 Å². The Labute approximate surface area is 122 Å². The zero-order valence-electron chi connectivity index (χ0n) is 11.3. The lowest BCUT2D eigenvalue weighted by molar-refractivity contribution is 0.555. The van der Waals surface area contributed by atoms with E-state index in [0.717, 1.165) is 16.8 Å². The lowest BCUT2D eigenvalue weighted by Crippen LogP contribution is -2.40. The van der Waals surface area contributed by atoms with Crippen molar-refractivity contribution < 1.29 is 0 Å². The third kappa shape index (κ3) is 2.28. The first kappa shape index (κ1) is 13.1. The summed E-state index contributed by atoms with van der Waals surface area (Å²) in [5.41, 5.74) is 6.85. The summed E-state index contributed by atoms with van der Waals surface area (Å²) in [4.78, 5) is 4.48. The minimum absolute atomic E-state index is 0.329. The van der Waals surface area contributed by atoms with E-state index in [1.807, 2.05) is 30.5 Å². The third-order valence-corrected chi connectivity index (χ3v) is 4.48. The number of nitrogens with zero attached hydrogens (tertiary/aromatic N) is 1. The number of nitrogens with one attached hydrogen (secondary N) is 1. The van der Waals surface area contributed by atoms with Crippen molar-refractivity contribution in [3.63, 3.8) is 0 Å². The fraction of sp³-hybridized carbons (Fsp3) is 0.188. The summed E-state index contributed by atoms with van der Waals surface area (Å²) < 4.78 is 1.23. The maximum Gasteiger partial charge on any atom is 0.135 e. The molecule has 0 fully saturated rings. The highest BCUT2D eigenvalue weighted by molar-refractivity contribution is 7.17. The normalized spacial score (nSPS) is 14.1. The van der Waals surface area contributed by atoms with Crippen LogP contribution in [0.1, 0.15) is 12.5 Å². The van der Waals surface area contributed by atoms with Crippen LogP contribution in [0.3, 0.4) is 0 Å². The van der Waals surface area contributed by atoms with E-state index < -0.39 is 0 Å². The summed E-state index contributed by atoms with van der Waals surface area (Å²) in [5, 5.41) is 6.75. The molecule has 0 aliphatic carbocycles. The molecule has 1 atom stereocenters. The molecule has 0 aliphatic rings. The molecule has 0 bridgehead atoms. The Hall–Kier alpha value is -1.91. The largest absolute Gasteiger partial charge is 0.359 e. The van der Waals surface area contributed by atoms with Gasteiger partial charge in [-0.1, -0.05) is 30.3 Å². The topological polar surface area (TPSA) is 50.9 Å². The molecular formula is C16H17N3S. The first-order chi connectivity index (χ1) is 9.73. The Balaban J connectivity index is 2.01. The van der Waals surface area contributed by atoms with Crippen LogP contribution >= 0.6 is 11.3 Å². The van der Waals surface area contributed by atoms with Crippen LogP contribution in [0, 0.1) is 0 Å². The first-order valence-corrected chi connectivity index (χ1v) is 7.47. The lowest BCUT2D eigenvalue weighted by atomic mass is 9.92. The number of hydrogen-bond donors (Lipinski definition) is 2. The van der Waals surface area contributed by atoms with Crippen LogP contribution in [0.4, 0.5) is 5.82 Å². The zero-order chi connectivity index (χ0) is 14.0. The molecule has 20 heavy (non-hydrogen) atoms. The second kappa shape index (κ2) is 5.23. The monoisotopic (exact) mass is 283 g/mol. The molecule has 0 spiro atoms. The maximum absolute atomic E-state index is 6.02. The average molecular weight is 283 g/mol. The molecule has 0 aliphatic heterocycles. The number of aromatic nitrogens is 1. The minimum atomic E-state index is -0.329. The van der Waals surface area contributed by atoms with Crippen LogP contribution in [0.15, 0.2) is 54.0 Å². The van der Waals surface area contributed by atoms with E-state index in [-0.39, 0.29) is 5.54 Å². The van der Waals surface area contributed by atoms with Crippen LogP contribution in [-0.2, 0) is 5.54 Å². The summed E-state index contributed by atoms with van der Waals surface area (Å²) >= 11 is 1.72. The van der Waals surface area contributed by atoms with E-state index in [1.54, 1.807) is 11.3 Å². The van der Waals surface area contributed by atoms with Crippen LogP contribution in [0.5, 0.6) is 0 Å². The highest BCUT2D eigenvalue weighted by Crippen LogP contribution is 2.30. The van der Waals surface area contributed by atoms with Gasteiger partial charge >= 0.3 is 0 Å². The molecule has 0 saturated carbocycles. The van der Waals surface area contributed by atoms with Gasteiger partial charge in [0, 0.05) is 22.8 Å². The van der Waals surface area contributed by atoms with Gasteiger partial charge in [0.05, 0.1) is 5.54 Å². The number of pyridine rings is 1. The smallest absolute Gasteiger partial charge is 0.135 e. The molecule has 3 N–H and O–H groups in total. The second-order valence-corrected chi connectivity index (χ2v) is 5.97. The van der Waals surface area contributed by atoms with Crippen molar-refractivity contribution in [2.24, 2.45) is 5.73 Å². The van der Waals surface area contributed by atoms with E-state index >= 15 is 0 Å². The predicted molar refractivity (Wildman–Crippen MR) is 86.1 cm³/mol. The molecule has 3 nitrogen and oxygen atoms in total. The second-order valence-electron chi connectivity index (χ2n) is 5.02. The van der Waals surface area contributed by atoms with Gasteiger partial charge in [0.2, 0.25) is 0 Å². The molecule has 2 heterocycles. The Morgan fingerprint density at radius 3 is 2.75 bits per heavy atom. The fourth-order valence-corrected chi connectivity index (χ4v) is 3.08. The van der Waals surface area contributed by atoms with Crippen molar-refractivity contribution in [3.05, 3.63) is 59.6 Å². The molecule has 0 radical (unpaired) electrons. The number of benzene rings is 1. The summed E-state index contributed by atoms with van der Waals surface area (Å²) in [6, 6.07) is 14.4. The molecular weight excluding hydrogens is 266 g/mol. The van der Waals surface area contributed by atoms with Gasteiger partial charge in [0.15, 0.2) is 0 Å². The quantitative estimate of drug-likeness (QED) is 0.769. The SMILES string of the molecule is CC(CN)(Nc1nccc2sccc12)c1ccccc1. The van der Waals surface area contributed by atoms with Crippen molar-refractivity contribution in [2.75, 3.05) is 11.9 Å². The molecule has 2 aromatic heterocycles. The Morgan fingerprint density at radius 1 is 1.20 bits per heavy atom. The van der Waals surface area contributed by atoms with Gasteiger partial charge in [-0.2, -0.15) is 0 Å². The summed E-state index contributed by atoms with van der Waals surface area (Å²) in [6.07, 6.45) is 1.84. The van der Waals surface area contributed by atoms with E-state index in [9.17, 15) is 0 Å². The number of hydrogen-bond acceptors (Lipinski definition) is 4. The zero-order valence-corrected chi connectivity index (χ0v) is 12.2. The minimum Gasteiger partial charge on any atom is -0.359 e. The van der Waals surface area contributed by atoms with Crippen molar-refractivity contribution in [1.82, 2.24) is 4.98 Å². The van der Waals surface area contributed by atoms with E-state index in [1.165, 1.54) is 4.70 Å². The lowest BCUT2D eigenvalue weighted by Gasteiger charge is -2.31. The predicted octanol–water partition coefficient (Wildman–Crippen LogP) is 3.58. The Bertz CT molecular complexity index is 708. The van der Waals surface area contributed by atoms with E-state index in [2.05, 4.69) is 40.8 Å². The van der Waals surface area contributed by atoms with Gasteiger partial charge in [-0.3, -0.25) is 0 Å². The van der Waals surface area contributed by atoms with Crippen LogP contribution in [-0.4, -0.2) is 11.5 Å². The van der Waals surface area contributed by atoms with Gasteiger partial charge in [0.25, 0.3) is 0 Å². The first-order valence-electron chi connectivity index (χ1n) is 6.59. The highest BCUT2D eigenvalue weighted by atomic mass is 32.1. The van der Waals surface area contributed by atoms with Gasteiger partial charge < -0.3 is 11.1 Å². The molecule has 1 aromatic carbocycles. The number of nitrogens with two attached hydrogens (primary N) is 1. The van der Waals surface area contributed by atoms with Gasteiger partial charge in [-0.25, -0.2) is 4.98 Å². The molecule has 0 saturated heterocycles. The molecule has 4 heteroatoms. The summed E-state index contributed by atoms with van der Waals surface area (Å²) in [6.45, 7) is 2.61. The van der Waals surface area contributed by atoms with Crippen molar-refractivity contribution in [1.29, 1.82) is 0 Å². The average Bonchev–Trinajstić information content (AvgIpc) is 2.98. The van der Waals surface area contributed by atoms with E-state index in [0.29, 0.717) is 6.54 Å². The molecule has 3 aromatic rings. The van der Waals surface area contributed by atoms with Gasteiger partial charge in [0.1, 0.15) is 5.82 Å². The summed E-state index contributed by atoms with van der Waals surface area (Å²) in [7, 11) is 0. The van der Waals surface area contributed by atoms with E-state index in [4.69, 9.17) is 5.73 Å². The fourth-order valence-electron chi connectivity index (χ4n) is 2.30. The molecule has 0 amide bonds. The number of rotatable bonds is 4. The van der Waals surface area contributed by atoms with Crippen molar-refractivity contribution >= 4 is 27.2 Å². The highest BCUT2D eigenvalue weighted by Gasteiger charge is 2.25. The third-order valence-electron chi connectivity index (χ3n) is 3.59. The molecule has 102 valence electrons. The van der Waals surface area contributed by atoms with Crippen LogP contribution in [0.25, 0.3) is 10.1 Å². The Kier molecular flexibility index (Phi) is 3.42. The number of fused-ring (bicyclic) bond motifs is 1. The Morgan fingerprint density at radius 2 is 2.00 bits per heavy atom. The van der Waals surface area contributed by atoms with Crippen molar-refractivity contribution in [3.8, 4) is 0 Å². The van der Waals surface area contributed by atoms with Gasteiger partial charge in [-0.05, 0) is 30.0 Å². The molecule has 1 unspecified atom stereocenters. The van der Waals surface area contributed by atoms with Crippen molar-refractivity contribution in [2.45, 2.75) is 12.5 Å².